The summed E-state index contributed by atoms with van der Waals surface area (Å²) in [4.78, 5) is 22.8. The largest absolute Gasteiger partial charge is 0.481 e. The zero-order valence-corrected chi connectivity index (χ0v) is 12.0. The summed E-state index contributed by atoms with van der Waals surface area (Å²) in [6.07, 6.45) is -0.833. The highest BCUT2D eigenvalue weighted by Gasteiger charge is 2.17. The minimum Gasteiger partial charge on any atom is -0.481 e. The Morgan fingerprint density at radius 3 is 2.58 bits per heavy atom. The zero-order chi connectivity index (χ0) is 14.4. The van der Waals surface area contributed by atoms with Gasteiger partial charge in [0.2, 0.25) is 0 Å². The molecule has 1 aromatic rings. The second-order valence-corrected chi connectivity index (χ2v) is 4.50. The fraction of sp³-hybridized carbons (Fsp3) is 0.333. The van der Waals surface area contributed by atoms with Gasteiger partial charge in [-0.1, -0.05) is 23.2 Å². The predicted molar refractivity (Wildman–Crippen MR) is 73.8 cm³/mol. The third-order valence-electron chi connectivity index (χ3n) is 2.15. The van der Waals surface area contributed by atoms with E-state index in [2.05, 4.69) is 10.6 Å². The van der Waals surface area contributed by atoms with Gasteiger partial charge < -0.3 is 10.1 Å². The Labute approximate surface area is 121 Å². The van der Waals surface area contributed by atoms with Crippen LogP contribution in [-0.2, 0) is 4.79 Å². The topological polar surface area (TPSA) is 67.4 Å². The van der Waals surface area contributed by atoms with Gasteiger partial charge in [0.1, 0.15) is 5.75 Å². The van der Waals surface area contributed by atoms with Crippen LogP contribution in [0.15, 0.2) is 18.2 Å². The van der Waals surface area contributed by atoms with E-state index in [1.807, 2.05) is 0 Å². The molecule has 5 nitrogen and oxygen atoms in total. The smallest absolute Gasteiger partial charge is 0.321 e. The molecule has 0 aromatic heterocycles. The molecule has 0 radical (unpaired) electrons. The Balaban J connectivity index is 2.58. The fourth-order valence-corrected chi connectivity index (χ4v) is 1.51. The van der Waals surface area contributed by atoms with Crippen LogP contribution in [-0.4, -0.2) is 24.6 Å². The summed E-state index contributed by atoms with van der Waals surface area (Å²) in [5.74, 6) is -0.148. The van der Waals surface area contributed by atoms with Gasteiger partial charge in [-0.15, -0.1) is 0 Å². The lowest BCUT2D eigenvalue weighted by Crippen LogP contribution is -2.45. The average molecular weight is 305 g/mol. The molecule has 104 valence electrons. The number of rotatable bonds is 4. The van der Waals surface area contributed by atoms with Gasteiger partial charge in [0.05, 0.1) is 10.0 Å². The maximum Gasteiger partial charge on any atom is 0.321 e. The molecule has 0 fully saturated rings. The second-order valence-electron chi connectivity index (χ2n) is 3.68. The van der Waals surface area contributed by atoms with Crippen molar-refractivity contribution in [3.8, 4) is 5.75 Å². The van der Waals surface area contributed by atoms with Crippen molar-refractivity contribution in [1.82, 2.24) is 10.6 Å². The third-order valence-corrected chi connectivity index (χ3v) is 2.89. The van der Waals surface area contributed by atoms with Crippen molar-refractivity contribution in [3.05, 3.63) is 28.2 Å². The van der Waals surface area contributed by atoms with Crippen LogP contribution in [0.4, 0.5) is 4.79 Å². The monoisotopic (exact) mass is 304 g/mol. The number of carbonyl (C=O) groups is 2. The number of carbonyl (C=O) groups excluding carboxylic acids is 2. The first-order valence-corrected chi connectivity index (χ1v) is 6.40. The molecule has 19 heavy (non-hydrogen) atoms. The van der Waals surface area contributed by atoms with Crippen LogP contribution >= 0.6 is 23.2 Å². The third kappa shape index (κ3) is 4.96. The first-order valence-electron chi connectivity index (χ1n) is 5.64. The zero-order valence-electron chi connectivity index (χ0n) is 10.5. The van der Waals surface area contributed by atoms with E-state index < -0.39 is 18.0 Å². The SMILES string of the molecule is CCNC(=O)NC(=O)[C@@H](C)Oc1ccc(Cl)c(Cl)c1. The van der Waals surface area contributed by atoms with Gasteiger partial charge in [0.25, 0.3) is 5.91 Å². The standard InChI is InChI=1S/C12H14Cl2N2O3/c1-3-15-12(18)16-11(17)7(2)19-8-4-5-9(13)10(14)6-8/h4-7H,3H2,1-2H3,(H2,15,16,17,18)/t7-/m1/s1. The Hall–Kier alpha value is -1.46. The molecular formula is C12H14Cl2N2O3. The summed E-state index contributed by atoms with van der Waals surface area (Å²) < 4.78 is 5.36. The van der Waals surface area contributed by atoms with Gasteiger partial charge in [-0.05, 0) is 26.0 Å². The molecule has 3 amide bonds. The second kappa shape index (κ2) is 7.21. The molecule has 0 unspecified atom stereocenters. The number of nitrogens with one attached hydrogen (secondary N) is 2. The Kier molecular flexibility index (Phi) is 5.92. The molecule has 0 saturated carbocycles. The number of halogens is 2. The Bertz CT molecular complexity index is 480. The molecule has 0 aliphatic rings. The van der Waals surface area contributed by atoms with Crippen molar-refractivity contribution in [2.24, 2.45) is 0 Å². The van der Waals surface area contributed by atoms with Crippen molar-refractivity contribution >= 4 is 35.1 Å². The van der Waals surface area contributed by atoms with E-state index in [4.69, 9.17) is 27.9 Å². The number of hydrogen-bond acceptors (Lipinski definition) is 3. The lowest BCUT2D eigenvalue weighted by atomic mass is 10.3. The highest BCUT2D eigenvalue weighted by atomic mass is 35.5. The van der Waals surface area contributed by atoms with E-state index in [1.54, 1.807) is 19.1 Å². The highest BCUT2D eigenvalue weighted by molar-refractivity contribution is 6.42. The number of ether oxygens (including phenoxy) is 1. The van der Waals surface area contributed by atoms with Crippen LogP contribution in [0.25, 0.3) is 0 Å². The van der Waals surface area contributed by atoms with Crippen LogP contribution in [0.1, 0.15) is 13.8 Å². The van der Waals surface area contributed by atoms with E-state index in [0.29, 0.717) is 22.3 Å². The van der Waals surface area contributed by atoms with Crippen LogP contribution in [0, 0.1) is 0 Å². The summed E-state index contributed by atoms with van der Waals surface area (Å²) in [7, 11) is 0. The number of amides is 3. The van der Waals surface area contributed by atoms with Crippen molar-refractivity contribution in [3.63, 3.8) is 0 Å². The molecule has 0 heterocycles. The van der Waals surface area contributed by atoms with Gasteiger partial charge in [-0.25, -0.2) is 4.79 Å². The van der Waals surface area contributed by atoms with Crippen LogP contribution in [0.2, 0.25) is 10.0 Å². The minimum atomic E-state index is -0.833. The summed E-state index contributed by atoms with van der Waals surface area (Å²) in [5.41, 5.74) is 0. The highest BCUT2D eigenvalue weighted by Crippen LogP contribution is 2.26. The Morgan fingerprint density at radius 1 is 1.32 bits per heavy atom. The van der Waals surface area contributed by atoms with E-state index in [1.165, 1.54) is 13.0 Å². The van der Waals surface area contributed by atoms with Crippen molar-refractivity contribution in [1.29, 1.82) is 0 Å². The van der Waals surface area contributed by atoms with E-state index in [0.717, 1.165) is 0 Å². The molecule has 0 aliphatic carbocycles. The number of urea groups is 1. The first-order chi connectivity index (χ1) is 8.93. The maximum atomic E-state index is 11.6. The van der Waals surface area contributed by atoms with Crippen molar-refractivity contribution < 1.29 is 14.3 Å². The molecule has 1 rings (SSSR count). The van der Waals surface area contributed by atoms with Crippen molar-refractivity contribution in [2.75, 3.05) is 6.54 Å². The van der Waals surface area contributed by atoms with Gasteiger partial charge in [-0.3, -0.25) is 10.1 Å². The van der Waals surface area contributed by atoms with Gasteiger partial charge >= 0.3 is 6.03 Å². The minimum absolute atomic E-state index is 0.329. The van der Waals surface area contributed by atoms with E-state index in [-0.39, 0.29) is 0 Å². The summed E-state index contributed by atoms with van der Waals surface area (Å²) >= 11 is 11.6. The first kappa shape index (κ1) is 15.6. The average Bonchev–Trinajstić information content (AvgIpc) is 2.34. The van der Waals surface area contributed by atoms with Crippen LogP contribution in [0.5, 0.6) is 5.75 Å². The van der Waals surface area contributed by atoms with Crippen LogP contribution < -0.4 is 15.4 Å². The molecule has 1 atom stereocenters. The van der Waals surface area contributed by atoms with E-state index >= 15 is 0 Å². The molecule has 0 saturated heterocycles. The molecule has 0 bridgehead atoms. The quantitative estimate of drug-likeness (QED) is 0.898. The molecule has 1 aromatic carbocycles. The van der Waals surface area contributed by atoms with Gasteiger partial charge in [0.15, 0.2) is 6.10 Å². The van der Waals surface area contributed by atoms with Gasteiger partial charge in [-0.2, -0.15) is 0 Å². The molecule has 7 heteroatoms. The summed E-state index contributed by atoms with van der Waals surface area (Å²) in [6.45, 7) is 3.71. The number of imide groups is 1. The lowest BCUT2D eigenvalue weighted by molar-refractivity contribution is -0.126. The van der Waals surface area contributed by atoms with Crippen molar-refractivity contribution in [2.45, 2.75) is 20.0 Å². The van der Waals surface area contributed by atoms with Crippen LogP contribution in [0.3, 0.4) is 0 Å². The number of hydrogen-bond donors (Lipinski definition) is 2. The van der Waals surface area contributed by atoms with E-state index in [9.17, 15) is 9.59 Å². The normalized spacial score (nSPS) is 11.6. The van der Waals surface area contributed by atoms with Gasteiger partial charge in [0, 0.05) is 12.6 Å². The lowest BCUT2D eigenvalue weighted by Gasteiger charge is -2.14. The summed E-state index contributed by atoms with van der Waals surface area (Å²) in [6, 6.07) is 4.09. The molecular weight excluding hydrogens is 291 g/mol. The maximum absolute atomic E-state index is 11.6. The Morgan fingerprint density at radius 2 is 2.00 bits per heavy atom. The molecule has 0 aliphatic heterocycles. The number of benzene rings is 1. The fourth-order valence-electron chi connectivity index (χ4n) is 1.23. The summed E-state index contributed by atoms with van der Waals surface area (Å²) in [5, 5.41) is 5.33. The predicted octanol–water partition coefficient (Wildman–Crippen LogP) is 2.61. The molecule has 2 N–H and O–H groups in total. The molecule has 0 spiro atoms.